The molecule has 6 heteroatoms. The number of halogens is 1. The normalized spacial score (nSPS) is 10.6. The second kappa shape index (κ2) is 11.3. The van der Waals surface area contributed by atoms with E-state index in [9.17, 15) is 0 Å². The molecule has 5 nitrogen and oxygen atoms in total. The number of nitrogens with zero attached hydrogens (tertiary/aromatic N) is 1. The van der Waals surface area contributed by atoms with Crippen LogP contribution in [0.3, 0.4) is 0 Å². The Bertz CT molecular complexity index is 876. The average Bonchev–Trinajstić information content (AvgIpc) is 2.75. The molecule has 0 unspecified atom stereocenters. The number of rotatable bonds is 11. The minimum atomic E-state index is 0.434. The smallest absolute Gasteiger partial charge is 0.213 e. The molecule has 2 aromatic carbocycles. The van der Waals surface area contributed by atoms with Gasteiger partial charge in [0.1, 0.15) is 13.2 Å². The summed E-state index contributed by atoms with van der Waals surface area (Å²) in [6.07, 6.45) is 1.71. The Morgan fingerprint density at radius 1 is 0.931 bits per heavy atom. The van der Waals surface area contributed by atoms with E-state index in [-0.39, 0.29) is 0 Å². The van der Waals surface area contributed by atoms with Crippen molar-refractivity contribution in [3.8, 4) is 17.4 Å². The van der Waals surface area contributed by atoms with E-state index in [1.807, 2.05) is 67.6 Å². The fraction of sp³-hybridized carbons (Fsp3) is 0.261. The first-order chi connectivity index (χ1) is 14.3. The summed E-state index contributed by atoms with van der Waals surface area (Å²) < 4.78 is 17.3. The molecule has 1 N–H and O–H groups in total. The van der Waals surface area contributed by atoms with Gasteiger partial charge >= 0.3 is 0 Å². The van der Waals surface area contributed by atoms with Gasteiger partial charge in [-0.3, -0.25) is 0 Å². The second-order valence-electron chi connectivity index (χ2n) is 6.31. The highest BCUT2D eigenvalue weighted by molar-refractivity contribution is 6.32. The first-order valence-electron chi connectivity index (χ1n) is 9.62. The van der Waals surface area contributed by atoms with Crippen molar-refractivity contribution in [3.63, 3.8) is 0 Å². The van der Waals surface area contributed by atoms with Gasteiger partial charge < -0.3 is 19.5 Å². The number of hydrogen-bond acceptors (Lipinski definition) is 5. The van der Waals surface area contributed by atoms with E-state index in [2.05, 4.69) is 10.3 Å². The van der Waals surface area contributed by atoms with Crippen molar-refractivity contribution in [1.82, 2.24) is 10.3 Å². The Morgan fingerprint density at radius 3 is 2.52 bits per heavy atom. The monoisotopic (exact) mass is 412 g/mol. The summed E-state index contributed by atoms with van der Waals surface area (Å²) in [4.78, 5) is 4.13. The molecular formula is C23H25ClN2O3. The molecule has 0 bridgehead atoms. The van der Waals surface area contributed by atoms with E-state index in [1.54, 1.807) is 6.20 Å². The predicted octanol–water partition coefficient (Wildman–Crippen LogP) is 4.88. The van der Waals surface area contributed by atoms with Crippen LogP contribution in [0.2, 0.25) is 5.02 Å². The fourth-order valence-electron chi connectivity index (χ4n) is 2.75. The van der Waals surface area contributed by atoms with E-state index < -0.39 is 0 Å². The lowest BCUT2D eigenvalue weighted by atomic mass is 10.2. The van der Waals surface area contributed by atoms with Gasteiger partial charge in [0.05, 0.1) is 11.6 Å². The molecule has 0 saturated carbocycles. The Hall–Kier alpha value is -2.76. The summed E-state index contributed by atoms with van der Waals surface area (Å²) in [5.41, 5.74) is 2.09. The zero-order chi connectivity index (χ0) is 20.3. The van der Waals surface area contributed by atoms with E-state index in [4.69, 9.17) is 25.8 Å². The Balaban J connectivity index is 1.55. The van der Waals surface area contributed by atoms with Crippen molar-refractivity contribution < 1.29 is 14.2 Å². The van der Waals surface area contributed by atoms with Gasteiger partial charge in [-0.2, -0.15) is 0 Å². The molecule has 3 rings (SSSR count). The molecule has 0 saturated heterocycles. The van der Waals surface area contributed by atoms with Crippen LogP contribution in [0.4, 0.5) is 0 Å². The first kappa shape index (κ1) is 21.0. The van der Waals surface area contributed by atoms with Crippen molar-refractivity contribution in [2.45, 2.75) is 20.1 Å². The maximum Gasteiger partial charge on any atom is 0.213 e. The maximum atomic E-state index is 6.49. The van der Waals surface area contributed by atoms with Crippen LogP contribution in [0.25, 0.3) is 0 Å². The lowest BCUT2D eigenvalue weighted by molar-refractivity contribution is 0.269. The first-order valence-corrected chi connectivity index (χ1v) is 10.0. The van der Waals surface area contributed by atoms with Crippen molar-refractivity contribution in [2.24, 2.45) is 0 Å². The van der Waals surface area contributed by atoms with Gasteiger partial charge in [0.25, 0.3) is 0 Å². The van der Waals surface area contributed by atoms with Crippen LogP contribution >= 0.6 is 11.6 Å². The quantitative estimate of drug-likeness (QED) is 0.455. The number of nitrogens with one attached hydrogen (secondary N) is 1. The molecule has 29 heavy (non-hydrogen) atoms. The van der Waals surface area contributed by atoms with Crippen LogP contribution in [-0.4, -0.2) is 24.7 Å². The molecule has 0 aliphatic heterocycles. The van der Waals surface area contributed by atoms with Crippen LogP contribution in [-0.2, 0) is 13.2 Å². The summed E-state index contributed by atoms with van der Waals surface area (Å²) >= 11 is 6.49. The molecule has 0 amide bonds. The van der Waals surface area contributed by atoms with Crippen molar-refractivity contribution in [3.05, 3.63) is 83.0 Å². The van der Waals surface area contributed by atoms with E-state index in [0.29, 0.717) is 55.3 Å². The molecule has 0 aliphatic carbocycles. The lowest BCUT2D eigenvalue weighted by Crippen LogP contribution is -2.20. The molecule has 152 valence electrons. The molecule has 0 atom stereocenters. The molecule has 0 aliphatic rings. The molecule has 1 aromatic heterocycles. The summed E-state index contributed by atoms with van der Waals surface area (Å²) in [5, 5.41) is 3.87. The van der Waals surface area contributed by atoms with Crippen LogP contribution in [0.5, 0.6) is 17.4 Å². The third-order valence-corrected chi connectivity index (χ3v) is 4.37. The fourth-order valence-corrected chi connectivity index (χ4v) is 3.04. The van der Waals surface area contributed by atoms with Gasteiger partial charge in [-0.05, 0) is 36.2 Å². The molecular weight excluding hydrogens is 388 g/mol. The van der Waals surface area contributed by atoms with Crippen LogP contribution in [0.15, 0.2) is 66.9 Å². The van der Waals surface area contributed by atoms with E-state index in [1.165, 1.54) is 0 Å². The van der Waals surface area contributed by atoms with Gasteiger partial charge in [-0.15, -0.1) is 0 Å². The summed E-state index contributed by atoms with van der Waals surface area (Å²) in [6, 6.07) is 19.4. The molecule has 3 aromatic rings. The third-order valence-electron chi connectivity index (χ3n) is 4.09. The average molecular weight is 413 g/mol. The highest BCUT2D eigenvalue weighted by atomic mass is 35.5. The second-order valence-corrected chi connectivity index (χ2v) is 6.71. The van der Waals surface area contributed by atoms with Crippen LogP contribution in [0, 0.1) is 0 Å². The SMILES string of the molecule is CCOc1cc(CNCCOc2ccccn2)cc(Cl)c1OCc1ccccc1. The molecule has 0 radical (unpaired) electrons. The van der Waals surface area contributed by atoms with Gasteiger partial charge in [-0.25, -0.2) is 4.98 Å². The van der Waals surface area contributed by atoms with Crippen molar-refractivity contribution in [1.29, 1.82) is 0 Å². The summed E-state index contributed by atoms with van der Waals surface area (Å²) in [7, 11) is 0. The zero-order valence-electron chi connectivity index (χ0n) is 16.4. The summed E-state index contributed by atoms with van der Waals surface area (Å²) in [6.45, 7) is 4.76. The minimum absolute atomic E-state index is 0.434. The lowest BCUT2D eigenvalue weighted by Gasteiger charge is -2.16. The largest absolute Gasteiger partial charge is 0.490 e. The van der Waals surface area contributed by atoms with Crippen LogP contribution < -0.4 is 19.5 Å². The number of hydrogen-bond donors (Lipinski definition) is 1. The van der Waals surface area contributed by atoms with Gasteiger partial charge in [-0.1, -0.05) is 48.0 Å². The van der Waals surface area contributed by atoms with E-state index >= 15 is 0 Å². The van der Waals surface area contributed by atoms with Crippen LogP contribution in [0.1, 0.15) is 18.1 Å². The number of aromatic nitrogens is 1. The highest BCUT2D eigenvalue weighted by Gasteiger charge is 2.13. The molecule has 1 heterocycles. The predicted molar refractivity (Wildman–Crippen MR) is 115 cm³/mol. The Labute approximate surface area is 176 Å². The molecule has 0 spiro atoms. The topological polar surface area (TPSA) is 52.6 Å². The number of ether oxygens (including phenoxy) is 3. The third kappa shape index (κ3) is 6.66. The zero-order valence-corrected chi connectivity index (χ0v) is 17.2. The Morgan fingerprint density at radius 2 is 1.76 bits per heavy atom. The van der Waals surface area contributed by atoms with Gasteiger partial charge in [0, 0.05) is 25.4 Å². The number of benzene rings is 2. The highest BCUT2D eigenvalue weighted by Crippen LogP contribution is 2.37. The van der Waals surface area contributed by atoms with Crippen molar-refractivity contribution in [2.75, 3.05) is 19.8 Å². The molecule has 0 fully saturated rings. The van der Waals surface area contributed by atoms with Crippen molar-refractivity contribution >= 4 is 11.6 Å². The standard InChI is InChI=1S/C23H25ClN2O3/c1-2-27-21-15-19(16-25-12-13-28-22-10-6-7-11-26-22)14-20(24)23(21)29-17-18-8-4-3-5-9-18/h3-11,14-15,25H,2,12-13,16-17H2,1H3. The van der Waals surface area contributed by atoms with Gasteiger partial charge in [0.15, 0.2) is 11.5 Å². The minimum Gasteiger partial charge on any atom is -0.490 e. The van der Waals surface area contributed by atoms with E-state index in [0.717, 1.165) is 11.1 Å². The number of pyridine rings is 1. The summed E-state index contributed by atoms with van der Waals surface area (Å²) in [5.74, 6) is 1.84. The van der Waals surface area contributed by atoms with Gasteiger partial charge in [0.2, 0.25) is 5.88 Å². The maximum absolute atomic E-state index is 6.49. The Kier molecular flexibility index (Phi) is 8.16.